The van der Waals surface area contributed by atoms with E-state index >= 15 is 0 Å². The summed E-state index contributed by atoms with van der Waals surface area (Å²) in [6.07, 6.45) is 0. The van der Waals surface area contributed by atoms with Crippen molar-refractivity contribution in [2.45, 2.75) is 5.88 Å². The number of hydrogen-bond donors (Lipinski definition) is 0. The largest absolute Gasteiger partial charge is 0.206 e. The van der Waals surface area contributed by atoms with Crippen LogP contribution in [-0.2, 0) is 5.88 Å². The predicted molar refractivity (Wildman–Crippen MR) is 76.4 cm³/mol. The van der Waals surface area contributed by atoms with Crippen LogP contribution < -0.4 is 0 Å². The van der Waals surface area contributed by atoms with Crippen molar-refractivity contribution in [2.75, 3.05) is 0 Å². The summed E-state index contributed by atoms with van der Waals surface area (Å²) in [7, 11) is 0. The topological polar surface area (TPSA) is 0 Å². The molecule has 0 heterocycles. The second-order valence-corrected chi connectivity index (χ2v) is 5.15. The minimum atomic E-state index is -0.409. The highest BCUT2D eigenvalue weighted by Gasteiger charge is 2.16. The first-order valence-electron chi connectivity index (χ1n) is 5.03. The summed E-state index contributed by atoms with van der Waals surface area (Å²) >= 11 is 23.8. The van der Waals surface area contributed by atoms with Crippen molar-refractivity contribution in [1.82, 2.24) is 0 Å². The molecular formula is C13H7Cl4F. The van der Waals surface area contributed by atoms with Crippen LogP contribution in [0.15, 0.2) is 30.3 Å². The van der Waals surface area contributed by atoms with E-state index in [-0.39, 0.29) is 15.9 Å². The number of alkyl halides is 1. The van der Waals surface area contributed by atoms with Crippen LogP contribution in [0.25, 0.3) is 11.1 Å². The van der Waals surface area contributed by atoms with Crippen molar-refractivity contribution in [2.24, 2.45) is 0 Å². The summed E-state index contributed by atoms with van der Waals surface area (Å²) < 4.78 is 14.0. The van der Waals surface area contributed by atoms with Crippen LogP contribution in [0.5, 0.6) is 0 Å². The smallest absolute Gasteiger partial charge is 0.131 e. The highest BCUT2D eigenvalue weighted by molar-refractivity contribution is 6.45. The molecule has 0 aliphatic rings. The minimum absolute atomic E-state index is 0.174. The summed E-state index contributed by atoms with van der Waals surface area (Å²) in [6, 6.07) is 7.75. The first-order chi connectivity index (χ1) is 8.54. The molecule has 0 fully saturated rings. The van der Waals surface area contributed by atoms with Crippen LogP contribution in [0.2, 0.25) is 15.1 Å². The molecule has 0 radical (unpaired) electrons. The van der Waals surface area contributed by atoms with Gasteiger partial charge in [0.2, 0.25) is 0 Å². The van der Waals surface area contributed by atoms with Crippen LogP contribution in [0.4, 0.5) is 4.39 Å². The Labute approximate surface area is 124 Å². The quantitative estimate of drug-likeness (QED) is 0.456. The molecular weight excluding hydrogens is 317 g/mol. The van der Waals surface area contributed by atoms with E-state index in [0.717, 1.165) is 0 Å². The van der Waals surface area contributed by atoms with Crippen molar-refractivity contribution in [3.05, 3.63) is 56.8 Å². The lowest BCUT2D eigenvalue weighted by molar-refractivity contribution is 0.630. The minimum Gasteiger partial charge on any atom is -0.206 e. The summed E-state index contributed by atoms with van der Waals surface area (Å²) in [5.41, 5.74) is 1.42. The Morgan fingerprint density at radius 3 is 2.44 bits per heavy atom. The summed E-state index contributed by atoms with van der Waals surface area (Å²) in [6.45, 7) is 0. The van der Waals surface area contributed by atoms with E-state index in [2.05, 4.69) is 0 Å². The van der Waals surface area contributed by atoms with E-state index in [1.807, 2.05) is 0 Å². The summed E-state index contributed by atoms with van der Waals surface area (Å²) in [5, 5.41) is 0.934. The third-order valence-corrected chi connectivity index (χ3v) is 3.81. The van der Waals surface area contributed by atoms with E-state index in [1.54, 1.807) is 18.2 Å². The predicted octanol–water partition coefficient (Wildman–Crippen LogP) is 6.19. The molecule has 2 rings (SSSR count). The SMILES string of the molecule is Fc1cccc(CCl)c1-c1cc(Cl)cc(Cl)c1Cl. The van der Waals surface area contributed by atoms with E-state index in [0.29, 0.717) is 21.7 Å². The van der Waals surface area contributed by atoms with Crippen LogP contribution in [0, 0.1) is 5.82 Å². The average Bonchev–Trinajstić information content (AvgIpc) is 2.33. The lowest BCUT2D eigenvalue weighted by Gasteiger charge is -2.12. The zero-order chi connectivity index (χ0) is 13.3. The molecule has 2 aromatic carbocycles. The molecule has 0 aromatic heterocycles. The summed E-state index contributed by atoms with van der Waals surface area (Å²) in [4.78, 5) is 0. The zero-order valence-electron chi connectivity index (χ0n) is 8.98. The molecule has 18 heavy (non-hydrogen) atoms. The monoisotopic (exact) mass is 322 g/mol. The van der Waals surface area contributed by atoms with E-state index in [4.69, 9.17) is 46.4 Å². The van der Waals surface area contributed by atoms with Gasteiger partial charge in [-0.05, 0) is 23.8 Å². The van der Waals surface area contributed by atoms with Gasteiger partial charge in [-0.2, -0.15) is 0 Å². The Balaban J connectivity index is 2.76. The Morgan fingerprint density at radius 1 is 1.06 bits per heavy atom. The molecule has 0 saturated carbocycles. The molecule has 2 aromatic rings. The number of hydrogen-bond acceptors (Lipinski definition) is 0. The molecule has 0 nitrogen and oxygen atoms in total. The first-order valence-corrected chi connectivity index (χ1v) is 6.69. The molecule has 0 amide bonds. The van der Waals surface area contributed by atoms with Gasteiger partial charge in [0.1, 0.15) is 5.82 Å². The van der Waals surface area contributed by atoms with Gasteiger partial charge < -0.3 is 0 Å². The molecule has 0 aliphatic heterocycles. The third-order valence-electron chi connectivity index (χ3n) is 2.51. The van der Waals surface area contributed by atoms with Gasteiger partial charge in [0.15, 0.2) is 0 Å². The molecule has 0 bridgehead atoms. The van der Waals surface area contributed by atoms with Gasteiger partial charge in [-0.15, -0.1) is 11.6 Å². The molecule has 0 aliphatic carbocycles. The van der Waals surface area contributed by atoms with Crippen molar-refractivity contribution >= 4 is 46.4 Å². The maximum atomic E-state index is 14.0. The number of halogens is 5. The fourth-order valence-corrected chi connectivity index (χ4v) is 2.64. The van der Waals surface area contributed by atoms with Crippen LogP contribution in [0.3, 0.4) is 0 Å². The molecule has 0 atom stereocenters. The van der Waals surface area contributed by atoms with Gasteiger partial charge >= 0.3 is 0 Å². The molecule has 0 saturated heterocycles. The van der Waals surface area contributed by atoms with Crippen LogP contribution in [0.1, 0.15) is 5.56 Å². The zero-order valence-corrected chi connectivity index (χ0v) is 12.0. The first kappa shape index (κ1) is 14.0. The molecule has 0 spiro atoms. The second kappa shape index (κ2) is 5.66. The standard InChI is InChI=1S/C13H7Cl4F/c14-6-7-2-1-3-11(18)12(7)9-4-8(15)5-10(16)13(9)17/h1-5H,6H2. The van der Waals surface area contributed by atoms with Crippen molar-refractivity contribution < 1.29 is 4.39 Å². The van der Waals surface area contributed by atoms with Crippen molar-refractivity contribution in [3.63, 3.8) is 0 Å². The Bertz CT molecular complexity index is 596. The van der Waals surface area contributed by atoms with E-state index in [1.165, 1.54) is 12.1 Å². The maximum absolute atomic E-state index is 14.0. The highest BCUT2D eigenvalue weighted by Crippen LogP contribution is 2.39. The van der Waals surface area contributed by atoms with E-state index < -0.39 is 5.82 Å². The number of rotatable bonds is 2. The van der Waals surface area contributed by atoms with Gasteiger partial charge in [0, 0.05) is 22.0 Å². The van der Waals surface area contributed by atoms with Crippen LogP contribution >= 0.6 is 46.4 Å². The lowest BCUT2D eigenvalue weighted by Crippen LogP contribution is -1.92. The molecule has 5 heteroatoms. The van der Waals surface area contributed by atoms with Gasteiger partial charge in [0.25, 0.3) is 0 Å². The van der Waals surface area contributed by atoms with Crippen molar-refractivity contribution in [1.29, 1.82) is 0 Å². The molecule has 0 N–H and O–H groups in total. The van der Waals surface area contributed by atoms with Gasteiger partial charge in [-0.25, -0.2) is 4.39 Å². The lowest BCUT2D eigenvalue weighted by atomic mass is 10.00. The normalized spacial score (nSPS) is 10.7. The van der Waals surface area contributed by atoms with Gasteiger partial charge in [-0.1, -0.05) is 46.9 Å². The van der Waals surface area contributed by atoms with Crippen LogP contribution in [-0.4, -0.2) is 0 Å². The van der Waals surface area contributed by atoms with Gasteiger partial charge in [0.05, 0.1) is 10.0 Å². The fourth-order valence-electron chi connectivity index (χ4n) is 1.72. The molecule has 0 unspecified atom stereocenters. The molecule has 94 valence electrons. The third kappa shape index (κ3) is 2.60. The highest BCUT2D eigenvalue weighted by atomic mass is 35.5. The Morgan fingerprint density at radius 2 is 1.78 bits per heavy atom. The Hall–Kier alpha value is -0.470. The second-order valence-electron chi connectivity index (χ2n) is 3.66. The number of benzene rings is 2. The summed E-state index contributed by atoms with van der Waals surface area (Å²) in [5.74, 6) is -0.235. The average molecular weight is 324 g/mol. The maximum Gasteiger partial charge on any atom is 0.131 e. The van der Waals surface area contributed by atoms with Gasteiger partial charge in [-0.3, -0.25) is 0 Å². The Kier molecular flexibility index (Phi) is 4.39. The van der Waals surface area contributed by atoms with E-state index in [9.17, 15) is 4.39 Å². The fraction of sp³-hybridized carbons (Fsp3) is 0.0769. The van der Waals surface area contributed by atoms with Crippen molar-refractivity contribution in [3.8, 4) is 11.1 Å².